The maximum Gasteiger partial charge on any atom is 0.251 e. The van der Waals surface area contributed by atoms with Crippen molar-refractivity contribution in [2.24, 2.45) is 5.41 Å². The van der Waals surface area contributed by atoms with Gasteiger partial charge in [0.15, 0.2) is 6.10 Å². The van der Waals surface area contributed by atoms with Gasteiger partial charge in [0.05, 0.1) is 19.8 Å². The summed E-state index contributed by atoms with van der Waals surface area (Å²) in [5, 5.41) is 11.7. The van der Waals surface area contributed by atoms with Gasteiger partial charge in [-0.25, -0.2) is 0 Å². The SMILES string of the molecule is CC(C)(CCO)CNC(=O)C1COCCO1. The zero-order valence-corrected chi connectivity index (χ0v) is 9.99. The molecule has 0 spiro atoms. The Morgan fingerprint density at radius 3 is 2.81 bits per heavy atom. The van der Waals surface area contributed by atoms with E-state index in [-0.39, 0.29) is 17.9 Å². The van der Waals surface area contributed by atoms with Crippen molar-refractivity contribution in [2.75, 3.05) is 33.0 Å². The van der Waals surface area contributed by atoms with Gasteiger partial charge in [-0.1, -0.05) is 13.8 Å². The van der Waals surface area contributed by atoms with E-state index in [9.17, 15) is 4.79 Å². The van der Waals surface area contributed by atoms with Crippen LogP contribution in [0.5, 0.6) is 0 Å². The molecule has 1 unspecified atom stereocenters. The van der Waals surface area contributed by atoms with Crippen molar-refractivity contribution in [3.8, 4) is 0 Å². The zero-order valence-electron chi connectivity index (χ0n) is 9.99. The highest BCUT2D eigenvalue weighted by molar-refractivity contribution is 5.81. The summed E-state index contributed by atoms with van der Waals surface area (Å²) in [6.07, 6.45) is 0.175. The topological polar surface area (TPSA) is 67.8 Å². The first kappa shape index (κ1) is 13.4. The van der Waals surface area contributed by atoms with E-state index in [1.807, 2.05) is 13.8 Å². The molecule has 5 nitrogen and oxygen atoms in total. The molecule has 0 aromatic heterocycles. The summed E-state index contributed by atoms with van der Waals surface area (Å²) in [5.74, 6) is -0.134. The van der Waals surface area contributed by atoms with Crippen LogP contribution in [0.1, 0.15) is 20.3 Å². The van der Waals surface area contributed by atoms with Gasteiger partial charge in [-0.05, 0) is 11.8 Å². The number of rotatable bonds is 5. The Bertz CT molecular complexity index is 224. The quantitative estimate of drug-likeness (QED) is 0.695. The second-order valence-corrected chi connectivity index (χ2v) is 4.79. The molecule has 1 fully saturated rings. The maximum atomic E-state index is 11.7. The number of ether oxygens (including phenoxy) is 2. The van der Waals surface area contributed by atoms with Crippen LogP contribution in [0.3, 0.4) is 0 Å². The van der Waals surface area contributed by atoms with Gasteiger partial charge < -0.3 is 19.9 Å². The molecular weight excluding hydrogens is 210 g/mol. The normalized spacial score (nSPS) is 21.8. The molecule has 0 radical (unpaired) electrons. The molecule has 1 heterocycles. The van der Waals surface area contributed by atoms with Crippen LogP contribution in [-0.4, -0.2) is 50.1 Å². The predicted octanol–water partition coefficient (Wildman–Crippen LogP) is -0.0734. The molecule has 0 aliphatic carbocycles. The van der Waals surface area contributed by atoms with Gasteiger partial charge in [0.25, 0.3) is 5.91 Å². The Labute approximate surface area is 96.1 Å². The van der Waals surface area contributed by atoms with E-state index in [2.05, 4.69) is 5.32 Å². The molecule has 0 bridgehead atoms. The first-order valence-electron chi connectivity index (χ1n) is 5.63. The van der Waals surface area contributed by atoms with Crippen LogP contribution >= 0.6 is 0 Å². The number of amides is 1. The molecule has 1 atom stereocenters. The van der Waals surface area contributed by atoms with Crippen molar-refractivity contribution in [2.45, 2.75) is 26.4 Å². The fraction of sp³-hybridized carbons (Fsp3) is 0.909. The lowest BCUT2D eigenvalue weighted by Gasteiger charge is -2.27. The summed E-state index contributed by atoms with van der Waals surface area (Å²) in [6.45, 7) is 6.02. The third kappa shape index (κ3) is 4.47. The number of hydrogen-bond acceptors (Lipinski definition) is 4. The van der Waals surface area contributed by atoms with E-state index in [1.54, 1.807) is 0 Å². The third-order valence-corrected chi connectivity index (χ3v) is 2.64. The van der Waals surface area contributed by atoms with Crippen molar-refractivity contribution in [3.63, 3.8) is 0 Å². The van der Waals surface area contributed by atoms with Crippen LogP contribution in [0.25, 0.3) is 0 Å². The van der Waals surface area contributed by atoms with Gasteiger partial charge in [0, 0.05) is 13.2 Å². The first-order chi connectivity index (χ1) is 7.55. The Kier molecular flexibility index (Phi) is 5.18. The van der Waals surface area contributed by atoms with E-state index in [0.29, 0.717) is 32.8 Å². The lowest BCUT2D eigenvalue weighted by atomic mass is 9.90. The Hall–Kier alpha value is -0.650. The van der Waals surface area contributed by atoms with Crippen LogP contribution in [0.2, 0.25) is 0 Å². The smallest absolute Gasteiger partial charge is 0.251 e. The van der Waals surface area contributed by atoms with Crippen molar-refractivity contribution >= 4 is 5.91 Å². The molecule has 16 heavy (non-hydrogen) atoms. The molecule has 1 aliphatic rings. The van der Waals surface area contributed by atoms with Crippen molar-refractivity contribution in [1.29, 1.82) is 0 Å². The van der Waals surface area contributed by atoms with Gasteiger partial charge in [0.2, 0.25) is 0 Å². The zero-order chi connectivity index (χ0) is 12.0. The Morgan fingerprint density at radius 2 is 2.25 bits per heavy atom. The van der Waals surface area contributed by atoms with E-state index >= 15 is 0 Å². The molecule has 94 valence electrons. The van der Waals surface area contributed by atoms with Crippen LogP contribution < -0.4 is 5.32 Å². The average molecular weight is 231 g/mol. The van der Waals surface area contributed by atoms with E-state index in [0.717, 1.165) is 0 Å². The lowest BCUT2D eigenvalue weighted by Crippen LogP contribution is -2.45. The van der Waals surface area contributed by atoms with Crippen molar-refractivity contribution in [3.05, 3.63) is 0 Å². The van der Waals surface area contributed by atoms with Crippen LogP contribution in [-0.2, 0) is 14.3 Å². The second kappa shape index (κ2) is 6.18. The molecular formula is C11H21NO4. The summed E-state index contributed by atoms with van der Waals surface area (Å²) < 4.78 is 10.4. The molecule has 1 rings (SSSR count). The molecule has 5 heteroatoms. The number of nitrogens with one attached hydrogen (secondary N) is 1. The highest BCUT2D eigenvalue weighted by Crippen LogP contribution is 2.18. The summed E-state index contributed by atoms with van der Waals surface area (Å²) >= 11 is 0. The van der Waals surface area contributed by atoms with Gasteiger partial charge >= 0.3 is 0 Å². The fourth-order valence-electron chi connectivity index (χ4n) is 1.47. The maximum absolute atomic E-state index is 11.7. The van der Waals surface area contributed by atoms with Crippen LogP contribution in [0.15, 0.2) is 0 Å². The highest BCUT2D eigenvalue weighted by atomic mass is 16.6. The summed E-state index contributed by atoms with van der Waals surface area (Å²) in [7, 11) is 0. The second-order valence-electron chi connectivity index (χ2n) is 4.79. The molecule has 0 saturated carbocycles. The molecule has 1 amide bonds. The molecule has 0 aromatic carbocycles. The van der Waals surface area contributed by atoms with Gasteiger partial charge in [0.1, 0.15) is 0 Å². The van der Waals surface area contributed by atoms with E-state index in [1.165, 1.54) is 0 Å². The molecule has 1 saturated heterocycles. The minimum atomic E-state index is -0.487. The Balaban J connectivity index is 2.28. The number of aliphatic hydroxyl groups excluding tert-OH is 1. The molecule has 1 aliphatic heterocycles. The van der Waals surface area contributed by atoms with Gasteiger partial charge in [-0.2, -0.15) is 0 Å². The monoisotopic (exact) mass is 231 g/mol. The number of aliphatic hydroxyl groups is 1. The molecule has 2 N–H and O–H groups in total. The highest BCUT2D eigenvalue weighted by Gasteiger charge is 2.25. The predicted molar refractivity (Wildman–Crippen MR) is 59.1 cm³/mol. The fourth-order valence-corrected chi connectivity index (χ4v) is 1.47. The van der Waals surface area contributed by atoms with Gasteiger partial charge in [-0.3, -0.25) is 4.79 Å². The minimum Gasteiger partial charge on any atom is -0.396 e. The largest absolute Gasteiger partial charge is 0.396 e. The van der Waals surface area contributed by atoms with Gasteiger partial charge in [-0.15, -0.1) is 0 Å². The average Bonchev–Trinajstić information content (AvgIpc) is 2.27. The molecule has 0 aromatic rings. The summed E-state index contributed by atoms with van der Waals surface area (Å²) in [4.78, 5) is 11.7. The van der Waals surface area contributed by atoms with Crippen LogP contribution in [0.4, 0.5) is 0 Å². The standard InChI is InChI=1S/C11H21NO4/c1-11(2,3-4-13)8-12-10(14)9-7-15-5-6-16-9/h9,13H,3-8H2,1-2H3,(H,12,14). The van der Waals surface area contributed by atoms with Crippen molar-refractivity contribution in [1.82, 2.24) is 5.32 Å². The first-order valence-corrected chi connectivity index (χ1v) is 5.63. The van der Waals surface area contributed by atoms with Crippen LogP contribution in [0, 0.1) is 5.41 Å². The van der Waals surface area contributed by atoms with Crippen molar-refractivity contribution < 1.29 is 19.4 Å². The Morgan fingerprint density at radius 1 is 1.50 bits per heavy atom. The lowest BCUT2D eigenvalue weighted by molar-refractivity contribution is -0.147. The third-order valence-electron chi connectivity index (χ3n) is 2.64. The van der Waals surface area contributed by atoms with E-state index in [4.69, 9.17) is 14.6 Å². The summed E-state index contributed by atoms with van der Waals surface area (Å²) in [5.41, 5.74) is -0.0973. The number of carbonyl (C=O) groups is 1. The number of hydrogen-bond donors (Lipinski definition) is 2. The minimum absolute atomic E-state index is 0.0973. The number of carbonyl (C=O) groups excluding carboxylic acids is 1. The van der Waals surface area contributed by atoms with E-state index < -0.39 is 6.10 Å². The summed E-state index contributed by atoms with van der Waals surface area (Å²) in [6, 6.07) is 0.